The predicted molar refractivity (Wildman–Crippen MR) is 76.6 cm³/mol. The van der Waals surface area contributed by atoms with Crippen molar-refractivity contribution in [1.29, 1.82) is 0 Å². The zero-order chi connectivity index (χ0) is 14.6. The van der Waals surface area contributed by atoms with Gasteiger partial charge in [0.2, 0.25) is 0 Å². The number of nitrogens with zero attached hydrogens (tertiary/aromatic N) is 1. The van der Waals surface area contributed by atoms with E-state index in [1.165, 1.54) is 6.07 Å². The molecule has 1 aliphatic heterocycles. The minimum absolute atomic E-state index is 0.0669. The van der Waals surface area contributed by atoms with Crippen molar-refractivity contribution in [2.24, 2.45) is 0 Å². The van der Waals surface area contributed by atoms with E-state index in [1.54, 1.807) is 18.2 Å². The van der Waals surface area contributed by atoms with Gasteiger partial charge in [-0.05, 0) is 37.6 Å². The molecular weight excluding hydrogens is 278 g/mol. The van der Waals surface area contributed by atoms with Gasteiger partial charge in [0.1, 0.15) is 0 Å². The quantitative estimate of drug-likeness (QED) is 0.859. The van der Waals surface area contributed by atoms with Crippen LogP contribution in [0.15, 0.2) is 24.3 Å². The molecule has 0 saturated carbocycles. The van der Waals surface area contributed by atoms with Gasteiger partial charge in [-0.15, -0.1) is 0 Å². The molecule has 2 rings (SSSR count). The van der Waals surface area contributed by atoms with E-state index in [1.807, 2.05) is 0 Å². The van der Waals surface area contributed by atoms with E-state index in [9.17, 15) is 13.2 Å². The van der Waals surface area contributed by atoms with Gasteiger partial charge in [0.15, 0.2) is 9.84 Å². The molecule has 0 aromatic heterocycles. The minimum atomic E-state index is -3.28. The Kier molecular flexibility index (Phi) is 4.77. The number of sulfone groups is 1. The Morgan fingerprint density at radius 1 is 1.20 bits per heavy atom. The van der Waals surface area contributed by atoms with Crippen LogP contribution in [-0.4, -0.2) is 49.8 Å². The average molecular weight is 297 g/mol. The molecule has 0 aliphatic carbocycles. The molecule has 0 amide bonds. The Bertz CT molecular complexity index is 577. The number of carbonyl (C=O) groups is 1. The van der Waals surface area contributed by atoms with E-state index >= 15 is 0 Å². The summed E-state index contributed by atoms with van der Waals surface area (Å²) in [6, 6.07) is 6.27. The van der Waals surface area contributed by atoms with Crippen LogP contribution in [0.1, 0.15) is 28.8 Å². The summed E-state index contributed by atoms with van der Waals surface area (Å²) in [4.78, 5) is 13.2. The van der Waals surface area contributed by atoms with Gasteiger partial charge < -0.3 is 10.0 Å². The Labute approximate surface area is 119 Å². The fourth-order valence-electron chi connectivity index (χ4n) is 2.44. The topological polar surface area (TPSA) is 74.7 Å². The second-order valence-corrected chi connectivity index (χ2v) is 7.29. The van der Waals surface area contributed by atoms with Gasteiger partial charge in [-0.2, -0.15) is 0 Å². The SMILES string of the molecule is O=C(O)c1ccccc1CS(=O)(=O)CCN1CCCC1. The third-order valence-electron chi connectivity index (χ3n) is 3.54. The molecule has 1 saturated heterocycles. The largest absolute Gasteiger partial charge is 0.478 e. The van der Waals surface area contributed by atoms with Gasteiger partial charge in [0.05, 0.1) is 17.1 Å². The fraction of sp³-hybridized carbons (Fsp3) is 0.500. The molecule has 5 nitrogen and oxygen atoms in total. The summed E-state index contributed by atoms with van der Waals surface area (Å²) in [5, 5.41) is 9.06. The first-order chi connectivity index (χ1) is 9.48. The second-order valence-electron chi connectivity index (χ2n) is 5.10. The normalized spacial score (nSPS) is 16.4. The maximum absolute atomic E-state index is 12.1. The second kappa shape index (κ2) is 6.37. The van der Waals surface area contributed by atoms with Crippen LogP contribution < -0.4 is 0 Å². The van der Waals surface area contributed by atoms with Crippen LogP contribution in [-0.2, 0) is 15.6 Å². The number of likely N-dealkylation sites (tertiary alicyclic amines) is 1. The van der Waals surface area contributed by atoms with Crippen molar-refractivity contribution in [1.82, 2.24) is 4.90 Å². The molecule has 1 aromatic rings. The summed E-state index contributed by atoms with van der Waals surface area (Å²) in [5.74, 6) is -1.21. The first-order valence-corrected chi connectivity index (χ1v) is 8.54. The monoisotopic (exact) mass is 297 g/mol. The zero-order valence-corrected chi connectivity index (χ0v) is 12.1. The molecule has 1 fully saturated rings. The van der Waals surface area contributed by atoms with Crippen LogP contribution >= 0.6 is 0 Å². The summed E-state index contributed by atoms with van der Waals surface area (Å²) in [5.41, 5.74) is 0.429. The third kappa shape index (κ3) is 4.05. The Morgan fingerprint density at radius 3 is 2.50 bits per heavy atom. The van der Waals surface area contributed by atoms with Crippen LogP contribution in [0.25, 0.3) is 0 Å². The highest BCUT2D eigenvalue weighted by Gasteiger charge is 2.19. The lowest BCUT2D eigenvalue weighted by atomic mass is 10.1. The first kappa shape index (κ1) is 15.0. The van der Waals surface area contributed by atoms with E-state index in [2.05, 4.69) is 4.90 Å². The molecule has 0 radical (unpaired) electrons. The Hall–Kier alpha value is -1.40. The molecule has 6 heteroatoms. The summed E-state index contributed by atoms with van der Waals surface area (Å²) in [7, 11) is -3.28. The summed E-state index contributed by atoms with van der Waals surface area (Å²) < 4.78 is 24.2. The lowest BCUT2D eigenvalue weighted by molar-refractivity contribution is 0.0696. The molecule has 20 heavy (non-hydrogen) atoms. The van der Waals surface area contributed by atoms with Crippen LogP contribution in [0.3, 0.4) is 0 Å². The molecule has 110 valence electrons. The molecule has 1 aliphatic rings. The minimum Gasteiger partial charge on any atom is -0.478 e. The maximum atomic E-state index is 12.1. The highest BCUT2D eigenvalue weighted by molar-refractivity contribution is 7.90. The molecule has 0 atom stereocenters. The predicted octanol–water partition coefficient (Wildman–Crippen LogP) is 1.40. The van der Waals surface area contributed by atoms with Gasteiger partial charge in [0.25, 0.3) is 0 Å². The molecular formula is C14H19NO4S. The van der Waals surface area contributed by atoms with Crippen molar-refractivity contribution in [3.8, 4) is 0 Å². The Morgan fingerprint density at radius 2 is 1.85 bits per heavy atom. The molecule has 0 spiro atoms. The molecule has 1 aromatic carbocycles. The number of carboxylic acids is 1. The van der Waals surface area contributed by atoms with Crippen LogP contribution in [0.2, 0.25) is 0 Å². The third-order valence-corrected chi connectivity index (χ3v) is 5.10. The van der Waals surface area contributed by atoms with Crippen LogP contribution in [0, 0.1) is 0 Å². The highest BCUT2D eigenvalue weighted by atomic mass is 32.2. The van der Waals surface area contributed by atoms with Crippen LogP contribution in [0.4, 0.5) is 0 Å². The van der Waals surface area contributed by atoms with Crippen molar-refractivity contribution in [3.05, 3.63) is 35.4 Å². The highest BCUT2D eigenvalue weighted by Crippen LogP contribution is 2.14. The lowest BCUT2D eigenvalue weighted by Gasteiger charge is -2.14. The lowest BCUT2D eigenvalue weighted by Crippen LogP contribution is -2.27. The zero-order valence-electron chi connectivity index (χ0n) is 11.3. The standard InChI is InChI=1S/C14H19NO4S/c16-14(17)13-6-2-1-5-12(13)11-20(18,19)10-9-15-7-3-4-8-15/h1-2,5-6H,3-4,7-11H2,(H,16,17). The van der Waals surface area contributed by atoms with Gasteiger partial charge in [0, 0.05) is 6.54 Å². The van der Waals surface area contributed by atoms with Gasteiger partial charge in [-0.25, -0.2) is 13.2 Å². The van der Waals surface area contributed by atoms with E-state index in [0.717, 1.165) is 25.9 Å². The van der Waals surface area contributed by atoms with Crippen molar-refractivity contribution in [2.75, 3.05) is 25.4 Å². The number of hydrogen-bond acceptors (Lipinski definition) is 4. The van der Waals surface area contributed by atoms with E-state index in [0.29, 0.717) is 12.1 Å². The van der Waals surface area contributed by atoms with Gasteiger partial charge in [-0.3, -0.25) is 0 Å². The smallest absolute Gasteiger partial charge is 0.335 e. The van der Waals surface area contributed by atoms with Crippen molar-refractivity contribution >= 4 is 15.8 Å². The van der Waals surface area contributed by atoms with E-state index < -0.39 is 15.8 Å². The molecule has 1 heterocycles. The summed E-state index contributed by atoms with van der Waals surface area (Å²) in [6.45, 7) is 2.46. The maximum Gasteiger partial charge on any atom is 0.335 e. The number of rotatable bonds is 6. The average Bonchev–Trinajstić information content (AvgIpc) is 2.89. The fourth-order valence-corrected chi connectivity index (χ4v) is 3.84. The Balaban J connectivity index is 2.02. The van der Waals surface area contributed by atoms with Crippen molar-refractivity contribution in [3.63, 3.8) is 0 Å². The number of hydrogen-bond donors (Lipinski definition) is 1. The van der Waals surface area contributed by atoms with Gasteiger partial charge >= 0.3 is 5.97 Å². The number of aromatic carboxylic acids is 1. The summed E-state index contributed by atoms with van der Waals surface area (Å²) in [6.07, 6.45) is 2.25. The van der Waals surface area contributed by atoms with Gasteiger partial charge in [-0.1, -0.05) is 18.2 Å². The summed E-state index contributed by atoms with van der Waals surface area (Å²) >= 11 is 0. The van der Waals surface area contributed by atoms with Crippen LogP contribution in [0.5, 0.6) is 0 Å². The van der Waals surface area contributed by atoms with E-state index in [-0.39, 0.29) is 17.1 Å². The first-order valence-electron chi connectivity index (χ1n) is 6.72. The molecule has 0 unspecified atom stereocenters. The van der Waals surface area contributed by atoms with E-state index in [4.69, 9.17) is 5.11 Å². The van der Waals surface area contributed by atoms with Crippen molar-refractivity contribution in [2.45, 2.75) is 18.6 Å². The number of carboxylic acid groups (broad SMARTS) is 1. The van der Waals surface area contributed by atoms with Crippen molar-refractivity contribution < 1.29 is 18.3 Å². The number of benzene rings is 1. The molecule has 1 N–H and O–H groups in total. The molecule has 0 bridgehead atoms.